The number of rotatable bonds is 3. The number of hydrogen-bond donors (Lipinski definition) is 0. The number of nitrogens with zero attached hydrogens (tertiary/aromatic N) is 4. The van der Waals surface area contributed by atoms with Crippen LogP contribution < -0.4 is 0 Å². The molecule has 2 aromatic heterocycles. The van der Waals surface area contributed by atoms with Gasteiger partial charge in [0, 0.05) is 18.3 Å². The smallest absolute Gasteiger partial charge is 0.193 e. The van der Waals surface area contributed by atoms with E-state index in [0.29, 0.717) is 5.92 Å². The summed E-state index contributed by atoms with van der Waals surface area (Å²) in [5, 5.41) is 8.34. The summed E-state index contributed by atoms with van der Waals surface area (Å²) in [6.07, 6.45) is 5.94. The van der Waals surface area contributed by atoms with E-state index in [0.717, 1.165) is 28.9 Å². The Morgan fingerprint density at radius 3 is 3.00 bits per heavy atom. The molecule has 0 aliphatic rings. The molecule has 0 amide bonds. The summed E-state index contributed by atoms with van der Waals surface area (Å²) in [5.74, 6) is 1.44. The molecule has 0 bridgehead atoms. The van der Waals surface area contributed by atoms with Crippen molar-refractivity contribution in [2.75, 3.05) is 0 Å². The van der Waals surface area contributed by atoms with E-state index in [1.807, 2.05) is 10.6 Å². The number of halogens is 1. The van der Waals surface area contributed by atoms with E-state index in [2.05, 4.69) is 45.0 Å². The molecule has 0 spiro atoms. The molecule has 5 heteroatoms. The molecule has 0 aromatic carbocycles. The zero-order chi connectivity index (χ0) is 10.8. The molecule has 2 rings (SSSR count). The highest BCUT2D eigenvalue weighted by Gasteiger charge is 2.13. The fourth-order valence-corrected chi connectivity index (χ4v) is 2.10. The minimum absolute atomic E-state index is 0.430. The number of aromatic nitrogens is 4. The topological polar surface area (TPSA) is 43.1 Å². The maximum absolute atomic E-state index is 4.22. The SMILES string of the molecule is CCCC(C)c1nnc2c(Br)nccn12. The lowest BCUT2D eigenvalue weighted by atomic mass is 10.1. The lowest BCUT2D eigenvalue weighted by Gasteiger charge is -2.07. The molecular weight excluding hydrogens is 256 g/mol. The van der Waals surface area contributed by atoms with Crippen LogP contribution in [0.2, 0.25) is 0 Å². The summed E-state index contributed by atoms with van der Waals surface area (Å²) in [6.45, 7) is 4.35. The predicted molar refractivity (Wildman–Crippen MR) is 61.8 cm³/mol. The van der Waals surface area contributed by atoms with Crippen molar-refractivity contribution in [1.29, 1.82) is 0 Å². The van der Waals surface area contributed by atoms with Crippen LogP contribution in [0.5, 0.6) is 0 Å². The van der Waals surface area contributed by atoms with Crippen LogP contribution in [-0.4, -0.2) is 19.6 Å². The van der Waals surface area contributed by atoms with Crippen LogP contribution in [0.25, 0.3) is 5.65 Å². The second-order valence-electron chi connectivity index (χ2n) is 3.66. The number of hydrogen-bond acceptors (Lipinski definition) is 3. The van der Waals surface area contributed by atoms with Crippen molar-refractivity contribution in [2.45, 2.75) is 32.6 Å². The highest BCUT2D eigenvalue weighted by molar-refractivity contribution is 9.10. The molecule has 15 heavy (non-hydrogen) atoms. The first kappa shape index (κ1) is 10.5. The maximum Gasteiger partial charge on any atom is 0.193 e. The van der Waals surface area contributed by atoms with Gasteiger partial charge in [-0.05, 0) is 22.4 Å². The molecule has 1 unspecified atom stereocenters. The van der Waals surface area contributed by atoms with Gasteiger partial charge in [0.15, 0.2) is 10.3 Å². The first-order valence-corrected chi connectivity index (χ1v) is 5.88. The molecule has 80 valence electrons. The first-order chi connectivity index (χ1) is 7.24. The van der Waals surface area contributed by atoms with Crippen molar-refractivity contribution < 1.29 is 0 Å². The first-order valence-electron chi connectivity index (χ1n) is 5.09. The van der Waals surface area contributed by atoms with Crippen LogP contribution in [0, 0.1) is 0 Å². The maximum atomic E-state index is 4.22. The lowest BCUT2D eigenvalue weighted by Crippen LogP contribution is -2.00. The molecule has 1 atom stereocenters. The van der Waals surface area contributed by atoms with Crippen LogP contribution in [0.15, 0.2) is 17.0 Å². The molecular formula is C10H13BrN4. The van der Waals surface area contributed by atoms with Crippen molar-refractivity contribution in [3.8, 4) is 0 Å². The van der Waals surface area contributed by atoms with Crippen molar-refractivity contribution in [3.05, 3.63) is 22.8 Å². The number of fused-ring (bicyclic) bond motifs is 1. The Kier molecular flexibility index (Phi) is 3.00. The van der Waals surface area contributed by atoms with E-state index in [1.165, 1.54) is 0 Å². The van der Waals surface area contributed by atoms with Gasteiger partial charge in [0.25, 0.3) is 0 Å². The summed E-state index contributed by atoms with van der Waals surface area (Å²) in [7, 11) is 0. The Morgan fingerprint density at radius 1 is 1.47 bits per heavy atom. The van der Waals surface area contributed by atoms with E-state index >= 15 is 0 Å². The molecule has 2 heterocycles. The van der Waals surface area contributed by atoms with Gasteiger partial charge in [-0.1, -0.05) is 20.3 Å². The van der Waals surface area contributed by atoms with Gasteiger partial charge in [0.2, 0.25) is 0 Å². The Labute approximate surface area is 96.9 Å². The fraction of sp³-hybridized carbons (Fsp3) is 0.500. The van der Waals surface area contributed by atoms with Crippen LogP contribution in [0.1, 0.15) is 38.4 Å². The van der Waals surface area contributed by atoms with E-state index in [-0.39, 0.29) is 0 Å². The summed E-state index contributed by atoms with van der Waals surface area (Å²) in [6, 6.07) is 0. The average molecular weight is 269 g/mol. The molecule has 0 saturated heterocycles. The van der Waals surface area contributed by atoms with Gasteiger partial charge in [-0.25, -0.2) is 4.98 Å². The van der Waals surface area contributed by atoms with Gasteiger partial charge in [0.05, 0.1) is 0 Å². The second-order valence-corrected chi connectivity index (χ2v) is 4.41. The molecule has 0 aliphatic heterocycles. The van der Waals surface area contributed by atoms with Gasteiger partial charge in [0.1, 0.15) is 5.82 Å². The Bertz CT molecular complexity index is 465. The van der Waals surface area contributed by atoms with Crippen molar-refractivity contribution in [3.63, 3.8) is 0 Å². The summed E-state index contributed by atoms with van der Waals surface area (Å²) >= 11 is 3.36. The van der Waals surface area contributed by atoms with Crippen molar-refractivity contribution >= 4 is 21.6 Å². The third kappa shape index (κ3) is 1.88. The molecule has 2 aromatic rings. The molecule has 0 saturated carbocycles. The molecule has 4 nitrogen and oxygen atoms in total. The normalized spacial score (nSPS) is 13.3. The van der Waals surface area contributed by atoms with Crippen molar-refractivity contribution in [2.24, 2.45) is 0 Å². The molecule has 0 radical (unpaired) electrons. The minimum Gasteiger partial charge on any atom is -0.282 e. The van der Waals surface area contributed by atoms with Crippen molar-refractivity contribution in [1.82, 2.24) is 19.6 Å². The third-order valence-electron chi connectivity index (χ3n) is 2.47. The third-order valence-corrected chi connectivity index (χ3v) is 3.03. The fourth-order valence-electron chi connectivity index (χ4n) is 1.71. The predicted octanol–water partition coefficient (Wildman–Crippen LogP) is 2.79. The zero-order valence-corrected chi connectivity index (χ0v) is 10.4. The standard InChI is InChI=1S/C10H13BrN4/c1-3-4-7(2)9-13-14-10-8(11)12-5-6-15(9)10/h5-7H,3-4H2,1-2H3. The Hall–Kier alpha value is -0.970. The Morgan fingerprint density at radius 2 is 2.27 bits per heavy atom. The summed E-state index contributed by atoms with van der Waals surface area (Å²) < 4.78 is 2.74. The lowest BCUT2D eigenvalue weighted by molar-refractivity contribution is 0.620. The van der Waals surface area contributed by atoms with Crippen LogP contribution in [0.3, 0.4) is 0 Å². The quantitative estimate of drug-likeness (QED) is 0.860. The van der Waals surface area contributed by atoms with E-state index in [9.17, 15) is 0 Å². The second kappa shape index (κ2) is 4.26. The van der Waals surface area contributed by atoms with Gasteiger partial charge in [-0.2, -0.15) is 0 Å². The van der Waals surface area contributed by atoms with E-state index in [1.54, 1.807) is 6.20 Å². The molecule has 0 aliphatic carbocycles. The van der Waals surface area contributed by atoms with Gasteiger partial charge in [-0.15, -0.1) is 10.2 Å². The Balaban J connectivity index is 2.49. The summed E-state index contributed by atoms with van der Waals surface area (Å²) in [4.78, 5) is 4.12. The van der Waals surface area contributed by atoms with E-state index in [4.69, 9.17) is 0 Å². The van der Waals surface area contributed by atoms with Crippen LogP contribution in [-0.2, 0) is 0 Å². The van der Waals surface area contributed by atoms with Gasteiger partial charge < -0.3 is 0 Å². The highest BCUT2D eigenvalue weighted by atomic mass is 79.9. The average Bonchev–Trinajstić information content (AvgIpc) is 2.63. The van der Waals surface area contributed by atoms with Crippen LogP contribution >= 0.6 is 15.9 Å². The zero-order valence-electron chi connectivity index (χ0n) is 8.81. The molecule has 0 N–H and O–H groups in total. The van der Waals surface area contributed by atoms with Gasteiger partial charge in [-0.3, -0.25) is 4.40 Å². The highest BCUT2D eigenvalue weighted by Crippen LogP contribution is 2.21. The molecule has 0 fully saturated rings. The largest absolute Gasteiger partial charge is 0.282 e. The summed E-state index contributed by atoms with van der Waals surface area (Å²) in [5.41, 5.74) is 0.787. The van der Waals surface area contributed by atoms with E-state index < -0.39 is 0 Å². The van der Waals surface area contributed by atoms with Crippen LogP contribution in [0.4, 0.5) is 0 Å². The van der Waals surface area contributed by atoms with Gasteiger partial charge >= 0.3 is 0 Å². The monoisotopic (exact) mass is 268 g/mol. The minimum atomic E-state index is 0.430.